The van der Waals surface area contributed by atoms with Crippen LogP contribution in [-0.2, 0) is 0 Å². The number of fused-ring (bicyclic) bond motifs is 3. The molecule has 7 heteroatoms. The third kappa shape index (κ3) is 3.84. The van der Waals surface area contributed by atoms with E-state index in [9.17, 15) is 14.7 Å². The molecular weight excluding hydrogens is 424 g/mol. The Kier molecular flexibility index (Phi) is 5.93. The summed E-state index contributed by atoms with van der Waals surface area (Å²) in [6.07, 6.45) is -0.178. The number of aryl methyl sites for hydroxylation is 1. The number of H-pyrrole nitrogens is 1. The van der Waals surface area contributed by atoms with Crippen molar-refractivity contribution in [3.8, 4) is 16.9 Å². The molecule has 2 aromatic carbocycles. The van der Waals surface area contributed by atoms with Crippen LogP contribution in [-0.4, -0.2) is 29.8 Å². The fraction of sp³-hybridized carbons (Fsp3) is 0.280. The van der Waals surface area contributed by atoms with Crippen LogP contribution in [0.4, 0.5) is 10.5 Å². The number of thiophene rings is 1. The Morgan fingerprint density at radius 3 is 2.56 bits per heavy atom. The zero-order chi connectivity index (χ0) is 23.0. The van der Waals surface area contributed by atoms with Gasteiger partial charge in [0.2, 0.25) is 0 Å². The number of carboxylic acid groups (broad SMARTS) is 1. The summed E-state index contributed by atoms with van der Waals surface area (Å²) >= 11 is 1.41. The van der Waals surface area contributed by atoms with Crippen LogP contribution in [0.25, 0.3) is 32.1 Å². The molecular formula is C25H26N2O4S. The van der Waals surface area contributed by atoms with Crippen molar-refractivity contribution in [2.75, 3.05) is 18.6 Å². The highest BCUT2D eigenvalue weighted by atomic mass is 32.1. The van der Waals surface area contributed by atoms with Gasteiger partial charge in [0.25, 0.3) is 5.56 Å². The fourth-order valence-electron chi connectivity index (χ4n) is 4.05. The van der Waals surface area contributed by atoms with E-state index in [1.165, 1.54) is 16.2 Å². The number of nitrogens with one attached hydrogen (secondary N) is 1. The molecule has 0 aliphatic heterocycles. The van der Waals surface area contributed by atoms with E-state index < -0.39 is 6.09 Å². The van der Waals surface area contributed by atoms with Crippen LogP contribution < -0.4 is 15.2 Å². The molecule has 0 bridgehead atoms. The van der Waals surface area contributed by atoms with Gasteiger partial charge in [0.15, 0.2) is 0 Å². The Balaban J connectivity index is 1.90. The molecule has 0 fully saturated rings. The van der Waals surface area contributed by atoms with Crippen LogP contribution in [0.2, 0.25) is 0 Å². The molecule has 2 N–H and O–H groups in total. The van der Waals surface area contributed by atoms with Crippen molar-refractivity contribution < 1.29 is 14.6 Å². The van der Waals surface area contributed by atoms with Gasteiger partial charge in [-0.05, 0) is 60.0 Å². The van der Waals surface area contributed by atoms with Crippen molar-refractivity contribution in [1.29, 1.82) is 0 Å². The van der Waals surface area contributed by atoms with E-state index in [1.54, 1.807) is 7.11 Å². The minimum absolute atomic E-state index is 0.0979. The number of nitrogens with zero attached hydrogens (tertiary/aromatic N) is 1. The minimum atomic E-state index is -0.964. The van der Waals surface area contributed by atoms with Crippen molar-refractivity contribution in [3.05, 3.63) is 57.7 Å². The normalized spacial score (nSPS) is 11.4. The van der Waals surface area contributed by atoms with Gasteiger partial charge in [0, 0.05) is 28.6 Å². The first-order valence-corrected chi connectivity index (χ1v) is 11.4. The standard InChI is InChI=1S/C25H26N2O4S/c1-14(2)9-11-27(25(29)30)17-7-5-16(6-8-17)20-19(31-4)13-15(3)22-21(20)18-10-12-32-23(18)24(28)26-22/h5-8,10,12-14H,9,11H2,1-4H3,(H,26,28)(H,29,30). The zero-order valence-corrected chi connectivity index (χ0v) is 19.4. The van der Waals surface area contributed by atoms with E-state index in [4.69, 9.17) is 4.74 Å². The third-order valence-corrected chi connectivity index (χ3v) is 6.63. The molecule has 2 heterocycles. The molecule has 2 aromatic heterocycles. The van der Waals surface area contributed by atoms with Crippen LogP contribution >= 0.6 is 11.3 Å². The first-order valence-electron chi connectivity index (χ1n) is 10.5. The molecule has 0 radical (unpaired) electrons. The molecule has 0 aliphatic carbocycles. The molecule has 4 rings (SSSR count). The van der Waals surface area contributed by atoms with Crippen LogP contribution in [0.1, 0.15) is 25.8 Å². The number of carbonyl (C=O) groups is 1. The molecule has 4 aromatic rings. The quantitative estimate of drug-likeness (QED) is 0.363. The van der Waals surface area contributed by atoms with E-state index in [-0.39, 0.29) is 5.56 Å². The zero-order valence-electron chi connectivity index (χ0n) is 18.6. The lowest BCUT2D eigenvalue weighted by molar-refractivity contribution is 0.201. The summed E-state index contributed by atoms with van der Waals surface area (Å²) in [5.74, 6) is 1.12. The first kappa shape index (κ1) is 21.9. The number of pyridine rings is 1. The minimum Gasteiger partial charge on any atom is -0.496 e. The SMILES string of the molecule is COc1cc(C)c2[nH]c(=O)c3sccc3c2c1-c1ccc(N(CCC(C)C)C(=O)O)cc1. The molecule has 0 spiro atoms. The lowest BCUT2D eigenvalue weighted by Crippen LogP contribution is -2.30. The largest absolute Gasteiger partial charge is 0.496 e. The number of hydrogen-bond acceptors (Lipinski definition) is 4. The van der Waals surface area contributed by atoms with E-state index in [2.05, 4.69) is 18.8 Å². The summed E-state index contributed by atoms with van der Waals surface area (Å²) in [5.41, 5.74) is 4.01. The van der Waals surface area contributed by atoms with E-state index in [0.717, 1.165) is 39.4 Å². The highest BCUT2D eigenvalue weighted by Crippen LogP contribution is 2.42. The first-order chi connectivity index (χ1) is 15.3. The van der Waals surface area contributed by atoms with Crippen LogP contribution in [0.5, 0.6) is 5.75 Å². The van der Waals surface area contributed by atoms with Gasteiger partial charge < -0.3 is 14.8 Å². The summed E-state index contributed by atoms with van der Waals surface area (Å²) in [5, 5.41) is 13.4. The molecule has 0 atom stereocenters. The van der Waals surface area contributed by atoms with Gasteiger partial charge >= 0.3 is 6.09 Å². The van der Waals surface area contributed by atoms with Gasteiger partial charge in [-0.25, -0.2) is 4.79 Å². The molecule has 1 amide bonds. The summed E-state index contributed by atoms with van der Waals surface area (Å²) in [4.78, 5) is 28.8. The summed E-state index contributed by atoms with van der Waals surface area (Å²) in [6.45, 7) is 6.55. The number of aromatic nitrogens is 1. The Morgan fingerprint density at radius 2 is 1.94 bits per heavy atom. The molecule has 0 saturated carbocycles. The van der Waals surface area contributed by atoms with Gasteiger partial charge in [-0.15, -0.1) is 11.3 Å². The molecule has 0 aliphatic rings. The smallest absolute Gasteiger partial charge is 0.411 e. The van der Waals surface area contributed by atoms with Crippen molar-refractivity contribution in [2.45, 2.75) is 27.2 Å². The van der Waals surface area contributed by atoms with E-state index >= 15 is 0 Å². The van der Waals surface area contributed by atoms with E-state index in [0.29, 0.717) is 28.6 Å². The second-order valence-corrected chi connectivity index (χ2v) is 9.22. The van der Waals surface area contributed by atoms with Crippen molar-refractivity contribution in [2.24, 2.45) is 5.92 Å². The number of hydrogen-bond donors (Lipinski definition) is 2. The van der Waals surface area contributed by atoms with Crippen LogP contribution in [0.3, 0.4) is 0 Å². The average molecular weight is 451 g/mol. The number of aromatic amines is 1. The topological polar surface area (TPSA) is 82.6 Å². The maximum atomic E-state index is 12.6. The van der Waals surface area contributed by atoms with Gasteiger partial charge in [0.05, 0.1) is 12.6 Å². The number of anilines is 1. The molecule has 166 valence electrons. The number of ether oxygens (including phenoxy) is 1. The lowest BCUT2D eigenvalue weighted by Gasteiger charge is -2.21. The number of benzene rings is 2. The summed E-state index contributed by atoms with van der Waals surface area (Å²) in [7, 11) is 1.63. The van der Waals surface area contributed by atoms with Crippen molar-refractivity contribution >= 4 is 44.1 Å². The second-order valence-electron chi connectivity index (χ2n) is 8.30. The molecule has 0 saturated heterocycles. The summed E-state index contributed by atoms with van der Waals surface area (Å²) < 4.78 is 6.41. The van der Waals surface area contributed by atoms with Gasteiger partial charge in [-0.2, -0.15) is 0 Å². The Hall–Kier alpha value is -3.32. The number of rotatable bonds is 6. The number of amides is 1. The molecule has 0 unspecified atom stereocenters. The second kappa shape index (κ2) is 8.67. The highest BCUT2D eigenvalue weighted by molar-refractivity contribution is 7.17. The fourth-order valence-corrected chi connectivity index (χ4v) is 4.84. The van der Waals surface area contributed by atoms with Crippen molar-refractivity contribution in [1.82, 2.24) is 4.98 Å². The average Bonchev–Trinajstić information content (AvgIpc) is 3.25. The Labute approximate surface area is 190 Å². The predicted octanol–water partition coefficient (Wildman–Crippen LogP) is 6.26. The maximum absolute atomic E-state index is 12.6. The molecule has 6 nitrogen and oxygen atoms in total. The van der Waals surface area contributed by atoms with Gasteiger partial charge in [-0.1, -0.05) is 26.0 Å². The monoisotopic (exact) mass is 450 g/mol. The van der Waals surface area contributed by atoms with E-state index in [1.807, 2.05) is 48.7 Å². The maximum Gasteiger partial charge on any atom is 0.411 e. The van der Waals surface area contributed by atoms with Crippen molar-refractivity contribution in [3.63, 3.8) is 0 Å². The molecule has 32 heavy (non-hydrogen) atoms. The van der Waals surface area contributed by atoms with Crippen LogP contribution in [0.15, 0.2) is 46.6 Å². The highest BCUT2D eigenvalue weighted by Gasteiger charge is 2.19. The summed E-state index contributed by atoms with van der Waals surface area (Å²) in [6, 6.07) is 11.4. The Bertz CT molecular complexity index is 1350. The Morgan fingerprint density at radius 1 is 1.22 bits per heavy atom. The predicted molar refractivity (Wildman–Crippen MR) is 132 cm³/mol. The third-order valence-electron chi connectivity index (χ3n) is 5.72. The van der Waals surface area contributed by atoms with Gasteiger partial charge in [0.1, 0.15) is 10.4 Å². The van der Waals surface area contributed by atoms with Crippen LogP contribution in [0, 0.1) is 12.8 Å². The van der Waals surface area contributed by atoms with Gasteiger partial charge in [-0.3, -0.25) is 9.69 Å². The number of methoxy groups -OCH3 is 1. The lowest BCUT2D eigenvalue weighted by atomic mass is 9.95.